The minimum Gasteiger partial charge on any atom is -0.465 e. The Labute approximate surface area is 163 Å². The average molecular weight is 380 g/mol. The molecule has 0 aliphatic heterocycles. The van der Waals surface area contributed by atoms with Gasteiger partial charge in [0.05, 0.1) is 12.6 Å². The minimum absolute atomic E-state index is 0.0569. The molecular weight excluding hydrogens is 356 g/mol. The predicted molar refractivity (Wildman–Crippen MR) is 106 cm³/mol. The fourth-order valence-corrected chi connectivity index (χ4v) is 2.85. The summed E-state index contributed by atoms with van der Waals surface area (Å²) in [6.07, 6.45) is 3.80. The number of benzene rings is 1. The van der Waals surface area contributed by atoms with Gasteiger partial charge in [0.1, 0.15) is 11.5 Å². The highest BCUT2D eigenvalue weighted by Gasteiger charge is 2.14. The molecule has 0 bridgehead atoms. The third kappa shape index (κ3) is 4.88. The standard InChI is InChI=1S/C21H24N4O3/c1-14-5-7-17(21(27)22-13-18-8-6-16(3)28-18)12-19(14)24-20(26)11-15(2)25-10-4-9-23-25/h4-10,12,15H,11,13H2,1-3H3,(H,22,27)(H,24,26). The number of carbonyl (C=O) groups is 2. The molecule has 1 atom stereocenters. The Morgan fingerprint density at radius 1 is 1.21 bits per heavy atom. The Balaban J connectivity index is 1.62. The highest BCUT2D eigenvalue weighted by Crippen LogP contribution is 2.19. The van der Waals surface area contributed by atoms with Gasteiger partial charge in [0, 0.05) is 30.1 Å². The number of anilines is 1. The van der Waals surface area contributed by atoms with Gasteiger partial charge in [-0.05, 0) is 56.7 Å². The van der Waals surface area contributed by atoms with Gasteiger partial charge in [-0.3, -0.25) is 14.3 Å². The highest BCUT2D eigenvalue weighted by atomic mass is 16.3. The second-order valence-corrected chi connectivity index (χ2v) is 6.81. The second-order valence-electron chi connectivity index (χ2n) is 6.81. The summed E-state index contributed by atoms with van der Waals surface area (Å²) in [5.41, 5.74) is 1.99. The van der Waals surface area contributed by atoms with Gasteiger partial charge in [0.15, 0.2) is 0 Å². The number of carbonyl (C=O) groups excluding carboxylic acids is 2. The number of hydrogen-bond donors (Lipinski definition) is 2. The van der Waals surface area contributed by atoms with Crippen LogP contribution in [-0.4, -0.2) is 21.6 Å². The fraction of sp³-hybridized carbons (Fsp3) is 0.286. The van der Waals surface area contributed by atoms with Crippen LogP contribution in [0.25, 0.3) is 0 Å². The number of furan rings is 1. The van der Waals surface area contributed by atoms with Gasteiger partial charge in [-0.25, -0.2) is 0 Å². The van der Waals surface area contributed by atoms with E-state index in [9.17, 15) is 9.59 Å². The average Bonchev–Trinajstić information content (AvgIpc) is 3.33. The fourth-order valence-electron chi connectivity index (χ4n) is 2.85. The normalized spacial score (nSPS) is 11.8. The Hall–Kier alpha value is -3.35. The Morgan fingerprint density at radius 3 is 2.71 bits per heavy atom. The van der Waals surface area contributed by atoms with E-state index < -0.39 is 0 Å². The summed E-state index contributed by atoms with van der Waals surface area (Å²) in [7, 11) is 0. The van der Waals surface area contributed by atoms with E-state index in [2.05, 4.69) is 15.7 Å². The van der Waals surface area contributed by atoms with E-state index in [0.717, 1.165) is 11.3 Å². The number of nitrogens with one attached hydrogen (secondary N) is 2. The third-order valence-corrected chi connectivity index (χ3v) is 4.45. The molecule has 0 spiro atoms. The maximum atomic E-state index is 12.4. The van der Waals surface area contributed by atoms with Gasteiger partial charge < -0.3 is 15.1 Å². The largest absolute Gasteiger partial charge is 0.465 e. The van der Waals surface area contributed by atoms with Crippen LogP contribution < -0.4 is 10.6 Å². The predicted octanol–water partition coefficient (Wildman–Crippen LogP) is 3.61. The van der Waals surface area contributed by atoms with E-state index in [1.165, 1.54) is 0 Å². The van der Waals surface area contributed by atoms with E-state index in [4.69, 9.17) is 4.42 Å². The lowest BCUT2D eigenvalue weighted by molar-refractivity contribution is -0.116. The molecule has 3 rings (SSSR count). The van der Waals surface area contributed by atoms with Crippen molar-refractivity contribution >= 4 is 17.5 Å². The first kappa shape index (κ1) is 19.4. The van der Waals surface area contributed by atoms with E-state index in [0.29, 0.717) is 23.6 Å². The van der Waals surface area contributed by atoms with Gasteiger partial charge in [-0.2, -0.15) is 5.10 Å². The molecule has 0 aliphatic carbocycles. The third-order valence-electron chi connectivity index (χ3n) is 4.45. The molecule has 2 heterocycles. The molecule has 3 aromatic rings. The molecule has 1 aromatic carbocycles. The summed E-state index contributed by atoms with van der Waals surface area (Å²) in [6, 6.07) is 10.7. The molecule has 2 amide bonds. The SMILES string of the molecule is Cc1ccc(CNC(=O)c2ccc(C)c(NC(=O)CC(C)n3cccn3)c2)o1. The van der Waals surface area contributed by atoms with E-state index in [-0.39, 0.29) is 24.3 Å². The van der Waals surface area contributed by atoms with Crippen LogP contribution in [0.4, 0.5) is 5.69 Å². The first-order valence-electron chi connectivity index (χ1n) is 9.15. The lowest BCUT2D eigenvalue weighted by atomic mass is 10.1. The molecule has 0 saturated carbocycles. The molecule has 7 nitrogen and oxygen atoms in total. The van der Waals surface area contributed by atoms with Crippen LogP contribution in [0.2, 0.25) is 0 Å². The zero-order chi connectivity index (χ0) is 20.1. The Bertz CT molecular complexity index is 960. The van der Waals surface area contributed by atoms with Crippen molar-refractivity contribution in [1.82, 2.24) is 15.1 Å². The zero-order valence-corrected chi connectivity index (χ0v) is 16.2. The summed E-state index contributed by atoms with van der Waals surface area (Å²) in [5, 5.41) is 9.87. The summed E-state index contributed by atoms with van der Waals surface area (Å²) < 4.78 is 7.20. The van der Waals surface area contributed by atoms with Gasteiger partial charge in [0.2, 0.25) is 5.91 Å². The van der Waals surface area contributed by atoms with Crippen molar-refractivity contribution in [3.8, 4) is 0 Å². The van der Waals surface area contributed by atoms with Crippen molar-refractivity contribution in [2.75, 3.05) is 5.32 Å². The van der Waals surface area contributed by atoms with Crippen LogP contribution in [-0.2, 0) is 11.3 Å². The number of rotatable bonds is 7. The second kappa shape index (κ2) is 8.56. The van der Waals surface area contributed by atoms with Crippen molar-refractivity contribution in [1.29, 1.82) is 0 Å². The Morgan fingerprint density at radius 2 is 2.04 bits per heavy atom. The molecule has 2 N–H and O–H groups in total. The van der Waals surface area contributed by atoms with Crippen LogP contribution >= 0.6 is 0 Å². The van der Waals surface area contributed by atoms with Crippen molar-refractivity contribution < 1.29 is 14.0 Å². The van der Waals surface area contributed by atoms with Crippen LogP contribution in [0, 0.1) is 13.8 Å². The number of aromatic nitrogens is 2. The zero-order valence-electron chi connectivity index (χ0n) is 16.2. The Kier molecular flexibility index (Phi) is 5.93. The molecule has 7 heteroatoms. The summed E-state index contributed by atoms with van der Waals surface area (Å²) in [6.45, 7) is 5.98. The summed E-state index contributed by atoms with van der Waals surface area (Å²) in [5.74, 6) is 1.14. The number of amides is 2. The topological polar surface area (TPSA) is 89.2 Å². The summed E-state index contributed by atoms with van der Waals surface area (Å²) in [4.78, 5) is 24.8. The molecule has 0 fully saturated rings. The van der Waals surface area contributed by atoms with Gasteiger partial charge >= 0.3 is 0 Å². The molecule has 0 aliphatic rings. The first-order valence-corrected chi connectivity index (χ1v) is 9.15. The minimum atomic E-state index is -0.227. The van der Waals surface area contributed by atoms with Crippen LogP contribution in [0.1, 0.15) is 46.8 Å². The van der Waals surface area contributed by atoms with Gasteiger partial charge in [-0.1, -0.05) is 6.07 Å². The number of hydrogen-bond acceptors (Lipinski definition) is 4. The van der Waals surface area contributed by atoms with Gasteiger partial charge in [-0.15, -0.1) is 0 Å². The summed E-state index contributed by atoms with van der Waals surface area (Å²) >= 11 is 0. The monoisotopic (exact) mass is 380 g/mol. The molecule has 146 valence electrons. The molecular formula is C21H24N4O3. The van der Waals surface area contributed by atoms with Crippen molar-refractivity contribution in [2.24, 2.45) is 0 Å². The van der Waals surface area contributed by atoms with E-state index in [1.54, 1.807) is 23.0 Å². The maximum Gasteiger partial charge on any atom is 0.251 e. The first-order chi connectivity index (χ1) is 13.4. The molecule has 0 saturated heterocycles. The van der Waals surface area contributed by atoms with Crippen LogP contribution in [0.3, 0.4) is 0 Å². The van der Waals surface area contributed by atoms with E-state index in [1.807, 2.05) is 51.2 Å². The lowest BCUT2D eigenvalue weighted by Gasteiger charge is -2.14. The molecule has 0 radical (unpaired) electrons. The van der Waals surface area contributed by atoms with E-state index >= 15 is 0 Å². The smallest absolute Gasteiger partial charge is 0.251 e. The molecule has 2 aromatic heterocycles. The number of aryl methyl sites for hydroxylation is 2. The van der Waals surface area contributed by atoms with Crippen LogP contribution in [0.15, 0.2) is 53.2 Å². The maximum absolute atomic E-state index is 12.4. The quantitative estimate of drug-likeness (QED) is 0.655. The lowest BCUT2D eigenvalue weighted by Crippen LogP contribution is -2.23. The van der Waals surface area contributed by atoms with Gasteiger partial charge in [0.25, 0.3) is 5.91 Å². The number of nitrogens with zero attached hydrogens (tertiary/aromatic N) is 2. The van der Waals surface area contributed by atoms with Crippen molar-refractivity contribution in [2.45, 2.75) is 39.8 Å². The molecule has 28 heavy (non-hydrogen) atoms. The highest BCUT2D eigenvalue weighted by molar-refractivity contribution is 5.97. The molecule has 1 unspecified atom stereocenters. The van der Waals surface area contributed by atoms with Crippen molar-refractivity contribution in [3.05, 3.63) is 71.4 Å². The van der Waals surface area contributed by atoms with Crippen molar-refractivity contribution in [3.63, 3.8) is 0 Å². The van der Waals surface area contributed by atoms with Crippen LogP contribution in [0.5, 0.6) is 0 Å².